The van der Waals surface area contributed by atoms with Crippen molar-refractivity contribution in [3.05, 3.63) is 0 Å². The van der Waals surface area contributed by atoms with Gasteiger partial charge in [-0.25, -0.2) is 0 Å². The van der Waals surface area contributed by atoms with Crippen molar-refractivity contribution in [1.29, 1.82) is 0 Å². The van der Waals surface area contributed by atoms with Gasteiger partial charge in [-0.2, -0.15) is 0 Å². The molecule has 15 heavy (non-hydrogen) atoms. The molecule has 0 aliphatic heterocycles. The van der Waals surface area contributed by atoms with Crippen LogP contribution in [0.15, 0.2) is 0 Å². The predicted molar refractivity (Wildman–Crippen MR) is 64.1 cm³/mol. The maximum atomic E-state index is 11.6. The third-order valence-electron chi connectivity index (χ3n) is 3.51. The van der Waals surface area contributed by atoms with E-state index in [0.717, 1.165) is 25.7 Å². The van der Waals surface area contributed by atoms with E-state index in [1.807, 2.05) is 0 Å². The maximum Gasteiger partial charge on any atom is 0.223 e. The summed E-state index contributed by atoms with van der Waals surface area (Å²) in [5, 5.41) is 3.05. The molecule has 2 nitrogen and oxygen atoms in total. The van der Waals surface area contributed by atoms with Gasteiger partial charge in [-0.05, 0) is 18.8 Å². The van der Waals surface area contributed by atoms with Crippen molar-refractivity contribution in [2.45, 2.75) is 51.3 Å². The second-order valence-corrected chi connectivity index (χ2v) is 5.03. The molecule has 0 aromatic carbocycles. The summed E-state index contributed by atoms with van der Waals surface area (Å²) in [6.45, 7) is 4.93. The number of carbonyl (C=O) groups is 1. The van der Waals surface area contributed by atoms with Crippen LogP contribution in [0.1, 0.15) is 46.0 Å². The fourth-order valence-electron chi connectivity index (χ4n) is 1.98. The first-order chi connectivity index (χ1) is 7.19. The lowest BCUT2D eigenvalue weighted by atomic mass is 9.85. The number of alkyl halides is 1. The molecule has 1 atom stereocenters. The molecule has 1 rings (SSSR count). The van der Waals surface area contributed by atoms with E-state index in [1.165, 1.54) is 6.42 Å². The average Bonchev–Trinajstić information content (AvgIpc) is 2.14. The molecule has 0 aromatic heterocycles. The molecule has 1 aliphatic rings. The molecule has 0 aromatic rings. The Hall–Kier alpha value is -0.240. The van der Waals surface area contributed by atoms with E-state index < -0.39 is 0 Å². The third kappa shape index (κ3) is 3.67. The van der Waals surface area contributed by atoms with Gasteiger partial charge in [0.25, 0.3) is 0 Å². The zero-order valence-electron chi connectivity index (χ0n) is 9.76. The summed E-state index contributed by atoms with van der Waals surface area (Å²) >= 11 is 6.24. The van der Waals surface area contributed by atoms with E-state index in [2.05, 4.69) is 19.2 Å². The minimum absolute atomic E-state index is 0.0871. The van der Waals surface area contributed by atoms with Crippen molar-refractivity contribution >= 4 is 17.5 Å². The van der Waals surface area contributed by atoms with Gasteiger partial charge in [-0.3, -0.25) is 4.79 Å². The highest BCUT2D eigenvalue weighted by Crippen LogP contribution is 2.26. The highest BCUT2D eigenvalue weighted by molar-refractivity contribution is 6.21. The average molecular weight is 232 g/mol. The third-order valence-corrected chi connectivity index (χ3v) is 4.02. The van der Waals surface area contributed by atoms with E-state index in [0.29, 0.717) is 12.5 Å². The Morgan fingerprint density at radius 1 is 1.40 bits per heavy atom. The SMILES string of the molecule is CCC(CC)C(Cl)CNC(=O)C1CCC1. The quantitative estimate of drug-likeness (QED) is 0.700. The zero-order valence-corrected chi connectivity index (χ0v) is 10.5. The van der Waals surface area contributed by atoms with E-state index >= 15 is 0 Å². The Labute approximate surface area is 97.8 Å². The van der Waals surface area contributed by atoms with E-state index in [9.17, 15) is 4.79 Å². The fraction of sp³-hybridized carbons (Fsp3) is 0.917. The molecule has 0 bridgehead atoms. The van der Waals surface area contributed by atoms with Gasteiger partial charge in [0.15, 0.2) is 0 Å². The number of nitrogens with one attached hydrogen (secondary N) is 1. The van der Waals surface area contributed by atoms with Crippen molar-refractivity contribution in [1.82, 2.24) is 5.32 Å². The van der Waals surface area contributed by atoms with Crippen LogP contribution < -0.4 is 5.32 Å². The molecular formula is C12H22ClNO. The van der Waals surface area contributed by atoms with Crippen LogP contribution in [-0.2, 0) is 4.79 Å². The lowest BCUT2D eigenvalue weighted by Gasteiger charge is -2.26. The van der Waals surface area contributed by atoms with Gasteiger partial charge in [-0.15, -0.1) is 11.6 Å². The Bertz CT molecular complexity index is 200. The Morgan fingerprint density at radius 3 is 2.40 bits per heavy atom. The van der Waals surface area contributed by atoms with E-state index in [4.69, 9.17) is 11.6 Å². The summed E-state index contributed by atoms with van der Waals surface area (Å²) in [6, 6.07) is 0. The topological polar surface area (TPSA) is 29.1 Å². The summed E-state index contributed by atoms with van der Waals surface area (Å²) in [6.07, 6.45) is 5.50. The largest absolute Gasteiger partial charge is 0.354 e. The van der Waals surface area contributed by atoms with Gasteiger partial charge >= 0.3 is 0 Å². The van der Waals surface area contributed by atoms with Gasteiger partial charge in [0, 0.05) is 12.5 Å². The lowest BCUT2D eigenvalue weighted by molar-refractivity contribution is -0.127. The first-order valence-corrected chi connectivity index (χ1v) is 6.54. The second kappa shape index (κ2) is 6.37. The maximum absolute atomic E-state index is 11.6. The molecule has 0 spiro atoms. The van der Waals surface area contributed by atoms with Crippen molar-refractivity contribution < 1.29 is 4.79 Å². The Kier molecular flexibility index (Phi) is 5.44. The fourth-order valence-corrected chi connectivity index (χ4v) is 2.41. The molecule has 0 radical (unpaired) electrons. The molecule has 1 unspecified atom stereocenters. The van der Waals surface area contributed by atoms with Gasteiger partial charge in [0.2, 0.25) is 5.91 Å². The highest BCUT2D eigenvalue weighted by atomic mass is 35.5. The molecule has 1 fully saturated rings. The minimum atomic E-state index is 0.0871. The monoisotopic (exact) mass is 231 g/mol. The summed E-state index contributed by atoms with van der Waals surface area (Å²) in [4.78, 5) is 11.6. The van der Waals surface area contributed by atoms with Crippen LogP contribution in [0.3, 0.4) is 0 Å². The second-order valence-electron chi connectivity index (χ2n) is 4.47. The van der Waals surface area contributed by atoms with Crippen LogP contribution in [0.4, 0.5) is 0 Å². The van der Waals surface area contributed by atoms with Crippen LogP contribution in [-0.4, -0.2) is 17.8 Å². The zero-order chi connectivity index (χ0) is 11.3. The Morgan fingerprint density at radius 2 is 2.00 bits per heavy atom. The molecule has 88 valence electrons. The number of amides is 1. The van der Waals surface area contributed by atoms with E-state index in [1.54, 1.807) is 0 Å². The van der Waals surface area contributed by atoms with Crippen LogP contribution in [0.5, 0.6) is 0 Å². The van der Waals surface area contributed by atoms with Crippen molar-refractivity contribution in [2.75, 3.05) is 6.54 Å². The van der Waals surface area contributed by atoms with Crippen molar-refractivity contribution in [3.8, 4) is 0 Å². The highest BCUT2D eigenvalue weighted by Gasteiger charge is 2.26. The molecule has 1 saturated carbocycles. The minimum Gasteiger partial charge on any atom is -0.354 e. The summed E-state index contributed by atoms with van der Waals surface area (Å²) in [5.74, 6) is 1.00. The predicted octanol–water partition coefficient (Wildman–Crippen LogP) is 2.95. The lowest BCUT2D eigenvalue weighted by Crippen LogP contribution is -2.39. The molecule has 1 aliphatic carbocycles. The number of hydrogen-bond donors (Lipinski definition) is 1. The first kappa shape index (κ1) is 12.8. The molecule has 0 heterocycles. The van der Waals surface area contributed by atoms with Gasteiger partial charge in [0.05, 0.1) is 5.38 Å². The van der Waals surface area contributed by atoms with Gasteiger partial charge in [-0.1, -0.05) is 33.1 Å². The normalized spacial score (nSPS) is 18.7. The van der Waals surface area contributed by atoms with Crippen LogP contribution in [0.25, 0.3) is 0 Å². The number of hydrogen-bond acceptors (Lipinski definition) is 1. The standard InChI is InChI=1S/C12H22ClNO/c1-3-9(4-2)11(13)8-14-12(15)10-6-5-7-10/h9-11H,3-8H2,1-2H3,(H,14,15). The van der Waals surface area contributed by atoms with Crippen LogP contribution >= 0.6 is 11.6 Å². The Balaban J connectivity index is 2.19. The van der Waals surface area contributed by atoms with Crippen molar-refractivity contribution in [2.24, 2.45) is 11.8 Å². The first-order valence-electron chi connectivity index (χ1n) is 6.10. The van der Waals surface area contributed by atoms with Gasteiger partial charge in [0.1, 0.15) is 0 Å². The molecule has 0 saturated heterocycles. The summed E-state index contributed by atoms with van der Waals surface area (Å²) in [5.41, 5.74) is 0. The van der Waals surface area contributed by atoms with Crippen LogP contribution in [0.2, 0.25) is 0 Å². The summed E-state index contributed by atoms with van der Waals surface area (Å²) < 4.78 is 0. The molecular weight excluding hydrogens is 210 g/mol. The number of carbonyl (C=O) groups excluding carboxylic acids is 1. The molecule has 1 N–H and O–H groups in total. The van der Waals surface area contributed by atoms with Crippen LogP contribution in [0, 0.1) is 11.8 Å². The smallest absolute Gasteiger partial charge is 0.223 e. The molecule has 3 heteroatoms. The summed E-state index contributed by atoms with van der Waals surface area (Å²) in [7, 11) is 0. The van der Waals surface area contributed by atoms with Crippen molar-refractivity contribution in [3.63, 3.8) is 0 Å². The van der Waals surface area contributed by atoms with Gasteiger partial charge < -0.3 is 5.32 Å². The number of rotatable bonds is 6. The number of halogens is 1. The molecule has 1 amide bonds. The van der Waals surface area contributed by atoms with E-state index in [-0.39, 0.29) is 17.2 Å².